The molecule has 0 aliphatic rings. The highest BCUT2D eigenvalue weighted by Crippen LogP contribution is 2.19. The highest BCUT2D eigenvalue weighted by atomic mass is 32.2. The molecule has 8 heteroatoms. The van der Waals surface area contributed by atoms with E-state index in [0.29, 0.717) is 42.2 Å². The number of ether oxygens (including phenoxy) is 1. The first kappa shape index (κ1) is 23.9. The van der Waals surface area contributed by atoms with E-state index in [9.17, 15) is 14.0 Å². The second kappa shape index (κ2) is 11.2. The van der Waals surface area contributed by atoms with Crippen LogP contribution in [0.15, 0.2) is 58.5 Å². The molecule has 1 heterocycles. The number of hydrogen-bond donors (Lipinski definition) is 0. The maximum atomic E-state index is 13.1. The molecule has 0 unspecified atom stereocenters. The Bertz CT molecular complexity index is 1120. The molecule has 0 saturated carbocycles. The van der Waals surface area contributed by atoms with E-state index >= 15 is 0 Å². The van der Waals surface area contributed by atoms with Gasteiger partial charge in [0.15, 0.2) is 5.16 Å². The molecule has 0 saturated heterocycles. The third-order valence-corrected chi connectivity index (χ3v) is 5.85. The molecular weight excluding hydrogens is 429 g/mol. The molecule has 0 spiro atoms. The maximum absolute atomic E-state index is 13.1. The molecule has 0 bridgehead atoms. The molecule has 1 aromatic heterocycles. The molecule has 0 aliphatic heterocycles. The number of carbonyl (C=O) groups excluding carboxylic acids is 1. The Labute approximate surface area is 191 Å². The van der Waals surface area contributed by atoms with Gasteiger partial charge in [0.25, 0.3) is 5.56 Å². The number of fused-ring (bicyclic) bond motifs is 1. The van der Waals surface area contributed by atoms with Crippen LogP contribution < -0.4 is 5.56 Å². The van der Waals surface area contributed by atoms with E-state index in [1.807, 2.05) is 26.0 Å². The minimum absolute atomic E-state index is 0.101. The fourth-order valence-electron chi connectivity index (χ4n) is 3.19. The number of halogens is 1. The summed E-state index contributed by atoms with van der Waals surface area (Å²) in [5.41, 5.74) is 1.34. The van der Waals surface area contributed by atoms with E-state index in [1.54, 1.807) is 40.8 Å². The number of aromatic nitrogens is 2. The van der Waals surface area contributed by atoms with Gasteiger partial charge in [-0.15, -0.1) is 0 Å². The molecule has 3 rings (SSSR count). The average molecular weight is 458 g/mol. The molecule has 0 atom stereocenters. The van der Waals surface area contributed by atoms with Gasteiger partial charge >= 0.3 is 0 Å². The van der Waals surface area contributed by atoms with Gasteiger partial charge in [-0.3, -0.25) is 14.2 Å². The molecule has 0 N–H and O–H groups in total. The Hall–Kier alpha value is -2.71. The summed E-state index contributed by atoms with van der Waals surface area (Å²) in [5.74, 6) is -0.265. The van der Waals surface area contributed by atoms with Crippen molar-refractivity contribution >= 4 is 28.6 Å². The Morgan fingerprint density at radius 3 is 2.62 bits per heavy atom. The summed E-state index contributed by atoms with van der Waals surface area (Å²) >= 11 is 1.25. The van der Waals surface area contributed by atoms with Gasteiger partial charge in [-0.25, -0.2) is 9.37 Å². The van der Waals surface area contributed by atoms with Crippen LogP contribution >= 0.6 is 11.8 Å². The van der Waals surface area contributed by atoms with Crippen LogP contribution in [0, 0.1) is 5.82 Å². The van der Waals surface area contributed by atoms with Crippen molar-refractivity contribution in [1.29, 1.82) is 0 Å². The van der Waals surface area contributed by atoms with Gasteiger partial charge in [0, 0.05) is 26.7 Å². The summed E-state index contributed by atoms with van der Waals surface area (Å²) in [5, 5.41) is 1.07. The predicted molar refractivity (Wildman–Crippen MR) is 125 cm³/mol. The number of nitrogens with zero attached hydrogens (tertiary/aromatic N) is 3. The van der Waals surface area contributed by atoms with Crippen molar-refractivity contribution in [3.05, 3.63) is 70.3 Å². The summed E-state index contributed by atoms with van der Waals surface area (Å²) in [6, 6.07) is 13.3. The van der Waals surface area contributed by atoms with E-state index in [2.05, 4.69) is 4.98 Å². The molecular formula is C24H28FN3O3S. The highest BCUT2D eigenvalue weighted by Gasteiger charge is 2.15. The van der Waals surface area contributed by atoms with E-state index in [4.69, 9.17) is 4.74 Å². The van der Waals surface area contributed by atoms with Crippen molar-refractivity contribution in [3.63, 3.8) is 0 Å². The molecule has 170 valence electrons. The average Bonchev–Trinajstić information content (AvgIpc) is 2.77. The van der Waals surface area contributed by atoms with Crippen LogP contribution in [-0.2, 0) is 22.6 Å². The highest BCUT2D eigenvalue weighted by molar-refractivity contribution is 7.99. The number of benzene rings is 2. The number of rotatable bonds is 10. The zero-order valence-corrected chi connectivity index (χ0v) is 19.4. The van der Waals surface area contributed by atoms with E-state index < -0.39 is 0 Å². The van der Waals surface area contributed by atoms with Crippen LogP contribution in [0.25, 0.3) is 10.9 Å². The lowest BCUT2D eigenvalue weighted by Gasteiger charge is -2.18. The third kappa shape index (κ3) is 6.40. The maximum Gasteiger partial charge on any atom is 0.262 e. The minimum Gasteiger partial charge on any atom is -0.379 e. The summed E-state index contributed by atoms with van der Waals surface area (Å²) in [6.45, 7) is 5.33. The molecule has 1 amide bonds. The monoisotopic (exact) mass is 457 g/mol. The van der Waals surface area contributed by atoms with Crippen molar-refractivity contribution < 1.29 is 13.9 Å². The van der Waals surface area contributed by atoms with E-state index in [0.717, 1.165) is 5.56 Å². The van der Waals surface area contributed by atoms with Gasteiger partial charge in [-0.2, -0.15) is 0 Å². The SMILES string of the molecule is CC(C)OCCCn1c(SCC(=O)N(C)Cc2ccc(F)cc2)nc2ccccc2c1=O. The van der Waals surface area contributed by atoms with Crippen LogP contribution in [-0.4, -0.2) is 45.9 Å². The molecule has 32 heavy (non-hydrogen) atoms. The van der Waals surface area contributed by atoms with Gasteiger partial charge in [0.2, 0.25) is 5.91 Å². The summed E-state index contributed by atoms with van der Waals surface area (Å²) in [7, 11) is 1.70. The molecule has 3 aromatic rings. The van der Waals surface area contributed by atoms with Crippen LogP contribution in [0.5, 0.6) is 0 Å². The Balaban J connectivity index is 1.72. The second-order valence-corrected chi connectivity index (χ2v) is 8.75. The number of hydrogen-bond acceptors (Lipinski definition) is 5. The summed E-state index contributed by atoms with van der Waals surface area (Å²) in [4.78, 5) is 32.0. The fourth-order valence-corrected chi connectivity index (χ4v) is 4.15. The van der Waals surface area contributed by atoms with Gasteiger partial charge in [0.05, 0.1) is 22.8 Å². The van der Waals surface area contributed by atoms with Gasteiger partial charge in [-0.05, 0) is 50.1 Å². The molecule has 0 radical (unpaired) electrons. The second-order valence-electron chi connectivity index (χ2n) is 7.81. The molecule has 0 aliphatic carbocycles. The van der Waals surface area contributed by atoms with Crippen LogP contribution in [0.4, 0.5) is 4.39 Å². The lowest BCUT2D eigenvalue weighted by molar-refractivity contribution is -0.127. The smallest absolute Gasteiger partial charge is 0.262 e. The summed E-state index contributed by atoms with van der Waals surface area (Å²) < 4.78 is 20.3. The number of carbonyl (C=O) groups is 1. The zero-order valence-electron chi connectivity index (χ0n) is 18.6. The van der Waals surface area contributed by atoms with Crippen LogP contribution in [0.3, 0.4) is 0 Å². The van der Waals surface area contributed by atoms with E-state index in [1.165, 1.54) is 23.9 Å². The van der Waals surface area contributed by atoms with Crippen molar-refractivity contribution in [3.8, 4) is 0 Å². The number of amides is 1. The molecule has 2 aromatic carbocycles. The largest absolute Gasteiger partial charge is 0.379 e. The van der Waals surface area contributed by atoms with Crippen LogP contribution in [0.1, 0.15) is 25.8 Å². The standard InChI is InChI=1S/C24H28FN3O3S/c1-17(2)31-14-6-13-28-23(30)20-7-4-5-8-21(20)26-24(28)32-16-22(29)27(3)15-18-9-11-19(25)12-10-18/h4-5,7-12,17H,6,13-16H2,1-3H3. The van der Waals surface area contributed by atoms with Crippen molar-refractivity contribution in [2.24, 2.45) is 0 Å². The van der Waals surface area contributed by atoms with Crippen molar-refractivity contribution in [1.82, 2.24) is 14.5 Å². The molecule has 0 fully saturated rings. The molecule has 6 nitrogen and oxygen atoms in total. The normalized spacial score (nSPS) is 11.3. The Morgan fingerprint density at radius 2 is 1.91 bits per heavy atom. The number of para-hydroxylation sites is 1. The first-order chi connectivity index (χ1) is 15.3. The van der Waals surface area contributed by atoms with Crippen molar-refractivity contribution in [2.45, 2.75) is 44.6 Å². The Kier molecular flexibility index (Phi) is 8.41. The predicted octanol–water partition coefficient (Wildman–Crippen LogP) is 4.10. The lowest BCUT2D eigenvalue weighted by atomic mass is 10.2. The Morgan fingerprint density at radius 1 is 1.19 bits per heavy atom. The minimum atomic E-state index is -0.308. The first-order valence-corrected chi connectivity index (χ1v) is 11.6. The third-order valence-electron chi connectivity index (χ3n) is 4.89. The van der Waals surface area contributed by atoms with Gasteiger partial charge in [0.1, 0.15) is 5.82 Å². The van der Waals surface area contributed by atoms with Gasteiger partial charge < -0.3 is 9.64 Å². The van der Waals surface area contributed by atoms with E-state index in [-0.39, 0.29) is 29.1 Å². The topological polar surface area (TPSA) is 64.4 Å². The van der Waals surface area contributed by atoms with Crippen molar-refractivity contribution in [2.75, 3.05) is 19.4 Å². The fraction of sp³-hybridized carbons (Fsp3) is 0.375. The lowest BCUT2D eigenvalue weighted by Crippen LogP contribution is -2.29. The number of thioether (sulfide) groups is 1. The zero-order chi connectivity index (χ0) is 23.1. The quantitative estimate of drug-likeness (QED) is 0.261. The first-order valence-electron chi connectivity index (χ1n) is 10.6. The van der Waals surface area contributed by atoms with Gasteiger partial charge in [-0.1, -0.05) is 36.0 Å². The van der Waals surface area contributed by atoms with Crippen LogP contribution in [0.2, 0.25) is 0 Å². The summed E-state index contributed by atoms with van der Waals surface area (Å²) in [6.07, 6.45) is 0.800.